The summed E-state index contributed by atoms with van der Waals surface area (Å²) in [5.74, 6) is 0.497. The topological polar surface area (TPSA) is 94.6 Å². The van der Waals surface area contributed by atoms with E-state index in [4.69, 9.17) is 19.2 Å². The molecular formula is C23H22N2O5S. The van der Waals surface area contributed by atoms with Crippen molar-refractivity contribution >= 4 is 27.5 Å². The van der Waals surface area contributed by atoms with Crippen molar-refractivity contribution in [3.05, 3.63) is 69.0 Å². The monoisotopic (exact) mass is 438 g/mol. The van der Waals surface area contributed by atoms with Crippen LogP contribution in [-0.2, 0) is 6.54 Å². The summed E-state index contributed by atoms with van der Waals surface area (Å²) in [6, 6.07) is 8.77. The Kier molecular flexibility index (Phi) is 5.41. The van der Waals surface area contributed by atoms with Crippen LogP contribution in [0.4, 0.5) is 0 Å². The highest BCUT2D eigenvalue weighted by atomic mass is 32.1. The van der Waals surface area contributed by atoms with Gasteiger partial charge in [0.25, 0.3) is 5.56 Å². The molecule has 0 bridgehead atoms. The van der Waals surface area contributed by atoms with E-state index in [1.165, 1.54) is 17.4 Å². The van der Waals surface area contributed by atoms with Crippen LogP contribution in [0.25, 0.3) is 21.3 Å². The van der Waals surface area contributed by atoms with Gasteiger partial charge in [-0.1, -0.05) is 19.9 Å². The Morgan fingerprint density at radius 1 is 1.29 bits per heavy atom. The van der Waals surface area contributed by atoms with E-state index in [1.54, 1.807) is 17.7 Å². The van der Waals surface area contributed by atoms with E-state index in [1.807, 2.05) is 44.4 Å². The van der Waals surface area contributed by atoms with Gasteiger partial charge in [-0.3, -0.25) is 9.36 Å². The maximum atomic E-state index is 13.6. The molecule has 7 nitrogen and oxygen atoms in total. The number of carboxylic acids is 1. The zero-order valence-electron chi connectivity index (χ0n) is 17.6. The van der Waals surface area contributed by atoms with Crippen molar-refractivity contribution in [2.45, 2.75) is 33.2 Å². The molecular weight excluding hydrogens is 416 g/mol. The zero-order valence-corrected chi connectivity index (χ0v) is 18.4. The summed E-state index contributed by atoms with van der Waals surface area (Å²) in [5.41, 5.74) is 2.53. The maximum Gasteiger partial charge on any atom is 0.371 e. The molecule has 160 valence electrons. The highest BCUT2D eigenvalue weighted by molar-refractivity contribution is 7.17. The van der Waals surface area contributed by atoms with E-state index in [2.05, 4.69) is 0 Å². The zero-order chi connectivity index (χ0) is 22.3. The molecule has 0 fully saturated rings. The number of nitrogens with zero attached hydrogens (tertiary/aromatic N) is 2. The number of aromatic carboxylic acids is 1. The molecule has 0 aliphatic heterocycles. The lowest BCUT2D eigenvalue weighted by Crippen LogP contribution is -2.26. The molecule has 0 aliphatic rings. The molecule has 0 unspecified atom stereocenters. The SMILES string of the molecule is COc1ccc(-c2csc3nc(C(C)C)n(Cc4ccc(C(=O)O)o4)c(=O)c23)cc1C. The summed E-state index contributed by atoms with van der Waals surface area (Å²) in [6.45, 7) is 6.01. The van der Waals surface area contributed by atoms with E-state index >= 15 is 0 Å². The van der Waals surface area contributed by atoms with E-state index in [9.17, 15) is 9.59 Å². The summed E-state index contributed by atoms with van der Waals surface area (Å²) in [6.07, 6.45) is 0. The van der Waals surface area contributed by atoms with Crippen molar-refractivity contribution in [3.63, 3.8) is 0 Å². The second-order valence-corrected chi connectivity index (χ2v) is 8.46. The molecule has 0 spiro atoms. The largest absolute Gasteiger partial charge is 0.496 e. The van der Waals surface area contributed by atoms with Gasteiger partial charge in [-0.2, -0.15) is 0 Å². The molecule has 0 saturated carbocycles. The number of ether oxygens (including phenoxy) is 1. The molecule has 8 heteroatoms. The average molecular weight is 439 g/mol. The van der Waals surface area contributed by atoms with Crippen molar-refractivity contribution in [2.24, 2.45) is 0 Å². The van der Waals surface area contributed by atoms with Gasteiger partial charge >= 0.3 is 5.97 Å². The van der Waals surface area contributed by atoms with Gasteiger partial charge in [-0.05, 0) is 42.3 Å². The molecule has 0 amide bonds. The Bertz CT molecular complexity index is 1350. The Balaban J connectivity index is 1.89. The van der Waals surface area contributed by atoms with Gasteiger partial charge in [0.05, 0.1) is 19.0 Å². The first-order valence-electron chi connectivity index (χ1n) is 9.79. The van der Waals surface area contributed by atoms with Crippen LogP contribution in [0.3, 0.4) is 0 Å². The highest BCUT2D eigenvalue weighted by Crippen LogP contribution is 2.34. The third-order valence-corrected chi connectivity index (χ3v) is 6.00. The van der Waals surface area contributed by atoms with E-state index < -0.39 is 5.97 Å². The van der Waals surface area contributed by atoms with E-state index in [0.29, 0.717) is 21.8 Å². The van der Waals surface area contributed by atoms with Gasteiger partial charge < -0.3 is 14.3 Å². The number of carboxylic acid groups (broad SMARTS) is 1. The fraction of sp³-hybridized carbons (Fsp3) is 0.261. The number of furan rings is 1. The smallest absolute Gasteiger partial charge is 0.371 e. The number of hydrogen-bond donors (Lipinski definition) is 1. The van der Waals surface area contributed by atoms with Crippen LogP contribution in [0.15, 0.2) is 44.9 Å². The summed E-state index contributed by atoms with van der Waals surface area (Å²) in [5, 5.41) is 11.6. The standard InChI is InChI=1S/C23H22N2O5S/c1-12(2)20-24-21-19(16(11-31-21)14-5-7-17(29-4)13(3)9-14)22(26)25(20)10-15-6-8-18(30-15)23(27)28/h5-9,11-12H,10H2,1-4H3,(H,27,28). The van der Waals surface area contributed by atoms with Gasteiger partial charge in [0.1, 0.15) is 22.2 Å². The number of hydrogen-bond acceptors (Lipinski definition) is 6. The molecule has 3 aromatic heterocycles. The van der Waals surface area contributed by atoms with Crippen LogP contribution in [0.5, 0.6) is 5.75 Å². The second-order valence-electron chi connectivity index (χ2n) is 7.60. The van der Waals surface area contributed by atoms with Crippen molar-refractivity contribution in [3.8, 4) is 16.9 Å². The molecule has 4 aromatic rings. The maximum absolute atomic E-state index is 13.6. The van der Waals surface area contributed by atoms with Gasteiger partial charge in [0.15, 0.2) is 0 Å². The van der Waals surface area contributed by atoms with Crippen molar-refractivity contribution in [1.29, 1.82) is 0 Å². The van der Waals surface area contributed by atoms with Crippen molar-refractivity contribution in [2.75, 3.05) is 7.11 Å². The number of thiophene rings is 1. The number of methoxy groups -OCH3 is 1. The van der Waals surface area contributed by atoms with E-state index in [0.717, 1.165) is 22.4 Å². The van der Waals surface area contributed by atoms with Gasteiger partial charge in [0, 0.05) is 16.9 Å². The molecule has 1 N–H and O–H groups in total. The van der Waals surface area contributed by atoms with Crippen LogP contribution >= 0.6 is 11.3 Å². The number of benzene rings is 1. The lowest BCUT2D eigenvalue weighted by molar-refractivity contribution is 0.0660. The van der Waals surface area contributed by atoms with Crippen LogP contribution in [0, 0.1) is 6.92 Å². The number of fused-ring (bicyclic) bond motifs is 1. The Morgan fingerprint density at radius 3 is 2.68 bits per heavy atom. The lowest BCUT2D eigenvalue weighted by Gasteiger charge is -2.14. The minimum Gasteiger partial charge on any atom is -0.496 e. The second kappa shape index (κ2) is 8.03. The van der Waals surface area contributed by atoms with Gasteiger partial charge in [0.2, 0.25) is 5.76 Å². The molecule has 1 aromatic carbocycles. The van der Waals surface area contributed by atoms with Crippen LogP contribution in [-0.4, -0.2) is 27.7 Å². The molecule has 0 radical (unpaired) electrons. The number of carbonyl (C=O) groups is 1. The van der Waals surface area contributed by atoms with Gasteiger partial charge in [-0.15, -0.1) is 11.3 Å². The Labute approximate surface area is 182 Å². The van der Waals surface area contributed by atoms with Crippen molar-refractivity contribution in [1.82, 2.24) is 9.55 Å². The third-order valence-electron chi connectivity index (χ3n) is 5.13. The van der Waals surface area contributed by atoms with Crippen LogP contribution in [0.2, 0.25) is 0 Å². The summed E-state index contributed by atoms with van der Waals surface area (Å²) < 4.78 is 12.3. The Morgan fingerprint density at radius 2 is 2.06 bits per heavy atom. The van der Waals surface area contributed by atoms with E-state index in [-0.39, 0.29) is 23.8 Å². The molecule has 31 heavy (non-hydrogen) atoms. The normalized spacial score (nSPS) is 11.4. The molecule has 0 saturated heterocycles. The molecule has 3 heterocycles. The molecule has 0 aliphatic carbocycles. The van der Waals surface area contributed by atoms with Crippen molar-refractivity contribution < 1.29 is 19.1 Å². The summed E-state index contributed by atoms with van der Waals surface area (Å²) >= 11 is 1.44. The number of rotatable bonds is 6. The Hall–Kier alpha value is -3.39. The van der Waals surface area contributed by atoms with Crippen LogP contribution in [0.1, 0.15) is 47.5 Å². The number of aromatic nitrogens is 2. The minimum absolute atomic E-state index is 0.000197. The quantitative estimate of drug-likeness (QED) is 0.460. The first-order chi connectivity index (χ1) is 14.8. The number of aryl methyl sites for hydroxylation is 1. The highest BCUT2D eigenvalue weighted by Gasteiger charge is 2.20. The lowest BCUT2D eigenvalue weighted by atomic mass is 10.0. The fourth-order valence-corrected chi connectivity index (χ4v) is 4.57. The van der Waals surface area contributed by atoms with Gasteiger partial charge in [-0.25, -0.2) is 9.78 Å². The average Bonchev–Trinajstić information content (AvgIpc) is 3.37. The predicted octanol–water partition coefficient (Wildman–Crippen LogP) is 4.90. The fourth-order valence-electron chi connectivity index (χ4n) is 3.63. The predicted molar refractivity (Wildman–Crippen MR) is 119 cm³/mol. The summed E-state index contributed by atoms with van der Waals surface area (Å²) in [7, 11) is 1.63. The minimum atomic E-state index is -1.15. The summed E-state index contributed by atoms with van der Waals surface area (Å²) in [4.78, 5) is 30.2. The molecule has 0 atom stereocenters. The third kappa shape index (κ3) is 3.74. The first-order valence-corrected chi connectivity index (χ1v) is 10.7. The molecule has 4 rings (SSSR count). The van der Waals surface area contributed by atoms with Crippen LogP contribution < -0.4 is 10.3 Å². The first kappa shape index (κ1) is 20.9.